The Kier molecular flexibility index (Phi) is 1.81. The highest BCUT2D eigenvalue weighted by molar-refractivity contribution is 5.81. The monoisotopic (exact) mass is 169 g/mol. The smallest absolute Gasteiger partial charge is 0.235 e. The number of hydrogen-bond donors (Lipinski definition) is 2. The second-order valence-electron chi connectivity index (χ2n) is 3.69. The van der Waals surface area contributed by atoms with E-state index in [2.05, 4.69) is 15.5 Å². The minimum atomic E-state index is -0.0255. The van der Waals surface area contributed by atoms with Gasteiger partial charge in [0.1, 0.15) is 0 Å². The van der Waals surface area contributed by atoms with Crippen LogP contribution in [0.3, 0.4) is 0 Å². The quantitative estimate of drug-likeness (QED) is 0.495. The summed E-state index contributed by atoms with van der Waals surface area (Å²) in [7, 11) is 2.02. The van der Waals surface area contributed by atoms with Crippen molar-refractivity contribution in [2.45, 2.75) is 18.5 Å². The van der Waals surface area contributed by atoms with Crippen molar-refractivity contribution in [2.24, 2.45) is 0 Å². The van der Waals surface area contributed by atoms with Crippen LogP contribution < -0.4 is 10.6 Å². The van der Waals surface area contributed by atoms with Crippen LogP contribution in [0, 0.1) is 0 Å². The molecule has 2 fully saturated rings. The minimum absolute atomic E-state index is 0.0255. The highest BCUT2D eigenvalue weighted by atomic mass is 16.2. The van der Waals surface area contributed by atoms with Gasteiger partial charge in [0, 0.05) is 0 Å². The fourth-order valence-corrected chi connectivity index (χ4v) is 2.11. The molecular weight excluding hydrogens is 154 g/mol. The van der Waals surface area contributed by atoms with E-state index in [0.717, 1.165) is 25.9 Å². The van der Waals surface area contributed by atoms with Crippen LogP contribution in [0.2, 0.25) is 0 Å². The lowest BCUT2D eigenvalue weighted by atomic mass is 9.98. The van der Waals surface area contributed by atoms with Gasteiger partial charge in [-0.05, 0) is 33.0 Å². The van der Waals surface area contributed by atoms with Gasteiger partial charge in [-0.25, -0.2) is 0 Å². The van der Waals surface area contributed by atoms with E-state index in [-0.39, 0.29) is 11.6 Å². The molecule has 0 aromatic carbocycles. The van der Waals surface area contributed by atoms with Crippen LogP contribution in [-0.4, -0.2) is 43.2 Å². The molecular formula is C8H15N3O. The van der Waals surface area contributed by atoms with Crippen molar-refractivity contribution in [1.29, 1.82) is 0 Å². The average Bonchev–Trinajstić information content (AvgIpc) is 2.29. The molecule has 2 heterocycles. The molecule has 2 saturated heterocycles. The minimum Gasteiger partial charge on any atom is -0.337 e. The number of nitrogens with one attached hydrogen (secondary N) is 2. The molecule has 2 aliphatic heterocycles. The van der Waals surface area contributed by atoms with Crippen LogP contribution in [-0.2, 0) is 4.79 Å². The zero-order chi connectivity index (χ0) is 8.60. The Morgan fingerprint density at radius 1 is 1.42 bits per heavy atom. The first-order valence-electron chi connectivity index (χ1n) is 4.46. The maximum absolute atomic E-state index is 11.2. The summed E-state index contributed by atoms with van der Waals surface area (Å²) in [6.45, 7) is 2.56. The Labute approximate surface area is 72.3 Å². The number of carbonyl (C=O) groups is 1. The number of piperidine rings is 1. The number of rotatable bonds is 0. The summed E-state index contributed by atoms with van der Waals surface area (Å²) in [6.07, 6.45) is 2.05. The van der Waals surface area contributed by atoms with E-state index in [1.54, 1.807) is 0 Å². The van der Waals surface area contributed by atoms with E-state index in [1.165, 1.54) is 0 Å². The van der Waals surface area contributed by atoms with Gasteiger partial charge in [-0.15, -0.1) is 0 Å². The van der Waals surface area contributed by atoms with E-state index >= 15 is 0 Å². The lowest BCUT2D eigenvalue weighted by molar-refractivity contribution is -0.119. The van der Waals surface area contributed by atoms with Crippen molar-refractivity contribution in [2.75, 3.05) is 26.7 Å². The predicted molar refractivity (Wildman–Crippen MR) is 45.6 cm³/mol. The summed E-state index contributed by atoms with van der Waals surface area (Å²) in [5, 5.41) is 6.36. The van der Waals surface area contributed by atoms with Crippen LogP contribution in [0.15, 0.2) is 0 Å². The van der Waals surface area contributed by atoms with E-state index in [4.69, 9.17) is 0 Å². The second kappa shape index (κ2) is 2.71. The SMILES string of the molecule is CN1CC(=O)NC12CCNCC2. The summed E-state index contributed by atoms with van der Waals surface area (Å²) >= 11 is 0. The summed E-state index contributed by atoms with van der Waals surface area (Å²) in [4.78, 5) is 13.3. The third-order valence-electron chi connectivity index (χ3n) is 2.91. The maximum atomic E-state index is 11.2. The molecule has 0 aromatic rings. The Morgan fingerprint density at radius 2 is 2.08 bits per heavy atom. The van der Waals surface area contributed by atoms with Gasteiger partial charge in [-0.3, -0.25) is 9.69 Å². The zero-order valence-electron chi connectivity index (χ0n) is 7.39. The largest absolute Gasteiger partial charge is 0.337 e. The number of likely N-dealkylation sites (N-methyl/N-ethyl adjacent to an activating group) is 1. The van der Waals surface area contributed by atoms with Crippen LogP contribution in [0.25, 0.3) is 0 Å². The first kappa shape index (κ1) is 8.01. The number of hydrogen-bond acceptors (Lipinski definition) is 3. The zero-order valence-corrected chi connectivity index (χ0v) is 7.39. The molecule has 0 bridgehead atoms. The van der Waals surface area contributed by atoms with Gasteiger partial charge >= 0.3 is 0 Å². The molecule has 2 aliphatic rings. The third kappa shape index (κ3) is 1.11. The summed E-state index contributed by atoms with van der Waals surface area (Å²) < 4.78 is 0. The van der Waals surface area contributed by atoms with Gasteiger partial charge in [-0.2, -0.15) is 0 Å². The normalized spacial score (nSPS) is 29.2. The molecule has 1 amide bonds. The van der Waals surface area contributed by atoms with E-state index in [9.17, 15) is 4.79 Å². The maximum Gasteiger partial charge on any atom is 0.235 e. The molecule has 0 atom stereocenters. The van der Waals surface area contributed by atoms with Crippen molar-refractivity contribution in [3.8, 4) is 0 Å². The molecule has 0 aromatic heterocycles. The average molecular weight is 169 g/mol. The molecule has 4 nitrogen and oxygen atoms in total. The van der Waals surface area contributed by atoms with Gasteiger partial charge in [0.2, 0.25) is 5.91 Å². The lowest BCUT2D eigenvalue weighted by Gasteiger charge is -2.38. The first-order valence-corrected chi connectivity index (χ1v) is 4.46. The summed E-state index contributed by atoms with van der Waals surface area (Å²) in [6, 6.07) is 0. The van der Waals surface area contributed by atoms with E-state index in [0.29, 0.717) is 6.54 Å². The van der Waals surface area contributed by atoms with Crippen molar-refractivity contribution in [3.63, 3.8) is 0 Å². The van der Waals surface area contributed by atoms with E-state index < -0.39 is 0 Å². The summed E-state index contributed by atoms with van der Waals surface area (Å²) in [5.41, 5.74) is -0.0255. The van der Waals surface area contributed by atoms with Crippen molar-refractivity contribution in [1.82, 2.24) is 15.5 Å². The molecule has 12 heavy (non-hydrogen) atoms. The molecule has 0 unspecified atom stereocenters. The number of carbonyl (C=O) groups excluding carboxylic acids is 1. The van der Waals surface area contributed by atoms with Gasteiger partial charge < -0.3 is 10.6 Å². The van der Waals surface area contributed by atoms with Crippen molar-refractivity contribution < 1.29 is 4.79 Å². The fraction of sp³-hybridized carbons (Fsp3) is 0.875. The standard InChI is InChI=1S/C8H15N3O/c1-11-6-7(12)10-8(11)2-4-9-5-3-8/h9H,2-6H2,1H3,(H,10,12). The molecule has 0 aliphatic carbocycles. The summed E-state index contributed by atoms with van der Waals surface area (Å²) in [5.74, 6) is 0.166. The number of amides is 1. The van der Waals surface area contributed by atoms with Crippen LogP contribution in [0.4, 0.5) is 0 Å². The van der Waals surface area contributed by atoms with Gasteiger partial charge in [0.15, 0.2) is 0 Å². The molecule has 2 N–H and O–H groups in total. The Morgan fingerprint density at radius 3 is 2.58 bits per heavy atom. The fourth-order valence-electron chi connectivity index (χ4n) is 2.11. The molecule has 68 valence electrons. The number of nitrogens with zero attached hydrogens (tertiary/aromatic N) is 1. The predicted octanol–water partition coefficient (Wildman–Crippen LogP) is -0.872. The van der Waals surface area contributed by atoms with Crippen LogP contribution in [0.1, 0.15) is 12.8 Å². The highest BCUT2D eigenvalue weighted by Gasteiger charge is 2.42. The first-order chi connectivity index (χ1) is 5.73. The highest BCUT2D eigenvalue weighted by Crippen LogP contribution is 2.25. The van der Waals surface area contributed by atoms with Crippen LogP contribution >= 0.6 is 0 Å². The topological polar surface area (TPSA) is 44.4 Å². The molecule has 0 radical (unpaired) electrons. The van der Waals surface area contributed by atoms with Crippen molar-refractivity contribution in [3.05, 3.63) is 0 Å². The third-order valence-corrected chi connectivity index (χ3v) is 2.91. The van der Waals surface area contributed by atoms with E-state index in [1.807, 2.05) is 7.05 Å². The van der Waals surface area contributed by atoms with Gasteiger partial charge in [0.25, 0.3) is 0 Å². The molecule has 0 saturated carbocycles. The second-order valence-corrected chi connectivity index (χ2v) is 3.69. The van der Waals surface area contributed by atoms with Crippen LogP contribution in [0.5, 0.6) is 0 Å². The molecule has 1 spiro atoms. The Balaban J connectivity index is 2.13. The lowest BCUT2D eigenvalue weighted by Crippen LogP contribution is -2.56. The van der Waals surface area contributed by atoms with Gasteiger partial charge in [-0.1, -0.05) is 0 Å². The Hall–Kier alpha value is -0.610. The Bertz CT molecular complexity index is 198. The van der Waals surface area contributed by atoms with Crippen molar-refractivity contribution >= 4 is 5.91 Å². The molecule has 4 heteroatoms. The molecule has 2 rings (SSSR count). The van der Waals surface area contributed by atoms with Gasteiger partial charge in [0.05, 0.1) is 12.2 Å².